The summed E-state index contributed by atoms with van der Waals surface area (Å²) in [6.07, 6.45) is 0. The summed E-state index contributed by atoms with van der Waals surface area (Å²) in [6.45, 7) is 1.11. The number of hydrogen-bond donors (Lipinski definition) is 2. The van der Waals surface area contributed by atoms with Crippen LogP contribution >= 0.6 is 12.4 Å². The van der Waals surface area contributed by atoms with Gasteiger partial charge in [-0.2, -0.15) is 0 Å². The Labute approximate surface area is 134 Å². The fraction of sp³-hybridized carbons (Fsp3) is 0.462. The van der Waals surface area contributed by atoms with Crippen molar-refractivity contribution in [2.24, 2.45) is 5.73 Å². The maximum absolute atomic E-state index is 13.0. The maximum Gasteiger partial charge on any atom is 0.277 e. The molecule has 0 saturated heterocycles. The number of halogens is 3. The van der Waals surface area contributed by atoms with Crippen LogP contribution in [0.1, 0.15) is 24.2 Å². The van der Waals surface area contributed by atoms with Crippen molar-refractivity contribution in [2.45, 2.75) is 29.9 Å². The quantitative estimate of drug-likeness (QED) is 0.810. The van der Waals surface area contributed by atoms with Crippen molar-refractivity contribution in [3.8, 4) is 0 Å². The van der Waals surface area contributed by atoms with Gasteiger partial charge in [0, 0.05) is 0 Å². The van der Waals surface area contributed by atoms with Crippen molar-refractivity contribution in [2.75, 3.05) is 13.1 Å². The Hall–Kier alpha value is -1.25. The molecule has 0 saturated carbocycles. The van der Waals surface area contributed by atoms with Gasteiger partial charge in [-0.25, -0.2) is 17.2 Å². The molecule has 0 aromatic heterocycles. The predicted octanol–water partition coefficient (Wildman–Crippen LogP) is 1.61. The lowest BCUT2D eigenvalue weighted by molar-refractivity contribution is 0.0118. The zero-order valence-corrected chi connectivity index (χ0v) is 13.8. The van der Waals surface area contributed by atoms with E-state index in [9.17, 15) is 22.0 Å². The Balaban J connectivity index is 0.00000441. The highest BCUT2D eigenvalue weighted by atomic mass is 35.5. The Morgan fingerprint density at radius 3 is 2.36 bits per heavy atom. The Morgan fingerprint density at radius 1 is 1.32 bits per heavy atom. The minimum absolute atomic E-state index is 0. The van der Waals surface area contributed by atoms with E-state index in [1.54, 1.807) is 0 Å². The normalized spacial score (nSPS) is 11.9. The first-order valence-electron chi connectivity index (χ1n) is 6.31. The van der Waals surface area contributed by atoms with Gasteiger partial charge in [0.05, 0.1) is 28.8 Å². The smallest absolute Gasteiger partial charge is 0.277 e. The van der Waals surface area contributed by atoms with Gasteiger partial charge in [-0.3, -0.25) is 4.79 Å². The highest BCUT2D eigenvalue weighted by Crippen LogP contribution is 2.20. The molecule has 0 spiro atoms. The summed E-state index contributed by atoms with van der Waals surface area (Å²) in [6, 6.07) is 5.51. The lowest BCUT2D eigenvalue weighted by Gasteiger charge is -2.16. The zero-order chi connectivity index (χ0) is 16.3. The van der Waals surface area contributed by atoms with Gasteiger partial charge in [0.1, 0.15) is 0 Å². The standard InChI is InChI=1S/C13H18F2N2O3S.ClH/c1-9(2)21(19,20)11-6-4-3-5-10(11)12(18)17-8-13(14,15)7-16;/h3-6,9H,7-8,16H2,1-2H3,(H,17,18);1H. The summed E-state index contributed by atoms with van der Waals surface area (Å²) < 4.78 is 50.4. The van der Waals surface area contributed by atoms with Gasteiger partial charge in [-0.05, 0) is 26.0 Å². The van der Waals surface area contributed by atoms with Crippen LogP contribution in [0.2, 0.25) is 0 Å². The van der Waals surface area contributed by atoms with E-state index in [0.717, 1.165) is 0 Å². The lowest BCUT2D eigenvalue weighted by Crippen LogP contribution is -2.41. The maximum atomic E-state index is 13.0. The number of carbonyl (C=O) groups excluding carboxylic acids is 1. The fourth-order valence-electron chi connectivity index (χ4n) is 1.53. The molecule has 126 valence electrons. The minimum atomic E-state index is -3.68. The van der Waals surface area contributed by atoms with Crippen LogP contribution in [0, 0.1) is 0 Å². The van der Waals surface area contributed by atoms with Gasteiger partial charge < -0.3 is 11.1 Å². The largest absolute Gasteiger partial charge is 0.346 e. The number of benzene rings is 1. The highest BCUT2D eigenvalue weighted by Gasteiger charge is 2.29. The summed E-state index contributed by atoms with van der Waals surface area (Å²) in [4.78, 5) is 11.8. The van der Waals surface area contributed by atoms with Crippen molar-refractivity contribution in [1.29, 1.82) is 0 Å². The third-order valence-electron chi connectivity index (χ3n) is 2.87. The molecule has 9 heteroatoms. The monoisotopic (exact) mass is 356 g/mol. The molecule has 1 amide bonds. The second-order valence-corrected chi connectivity index (χ2v) is 7.31. The number of nitrogens with two attached hydrogens (primary N) is 1. The van der Waals surface area contributed by atoms with E-state index in [0.29, 0.717) is 0 Å². The van der Waals surface area contributed by atoms with Gasteiger partial charge in [-0.15, -0.1) is 12.4 Å². The molecule has 1 aromatic rings. The zero-order valence-electron chi connectivity index (χ0n) is 12.2. The first-order valence-corrected chi connectivity index (χ1v) is 7.85. The number of alkyl halides is 2. The molecular weight excluding hydrogens is 338 g/mol. The molecule has 0 fully saturated rings. The number of carbonyl (C=O) groups is 1. The van der Waals surface area contributed by atoms with Crippen LogP contribution in [0.5, 0.6) is 0 Å². The topological polar surface area (TPSA) is 89.3 Å². The summed E-state index contributed by atoms with van der Waals surface area (Å²) in [5, 5.41) is 1.28. The van der Waals surface area contributed by atoms with Crippen LogP contribution < -0.4 is 11.1 Å². The molecule has 0 aliphatic heterocycles. The van der Waals surface area contributed by atoms with E-state index in [1.165, 1.54) is 38.1 Å². The summed E-state index contributed by atoms with van der Waals surface area (Å²) >= 11 is 0. The molecule has 5 nitrogen and oxygen atoms in total. The number of nitrogens with one attached hydrogen (secondary N) is 1. The van der Waals surface area contributed by atoms with Crippen LogP contribution in [0.25, 0.3) is 0 Å². The molecule has 22 heavy (non-hydrogen) atoms. The third kappa shape index (κ3) is 4.89. The van der Waals surface area contributed by atoms with Crippen molar-refractivity contribution in [3.63, 3.8) is 0 Å². The Morgan fingerprint density at radius 2 is 1.86 bits per heavy atom. The highest BCUT2D eigenvalue weighted by molar-refractivity contribution is 7.92. The molecule has 0 aliphatic rings. The van der Waals surface area contributed by atoms with E-state index >= 15 is 0 Å². The van der Waals surface area contributed by atoms with E-state index in [4.69, 9.17) is 5.73 Å². The molecule has 0 heterocycles. The van der Waals surface area contributed by atoms with Gasteiger partial charge in [0.25, 0.3) is 11.8 Å². The molecule has 0 atom stereocenters. The molecular formula is C13H19ClF2N2O3S. The van der Waals surface area contributed by atoms with Gasteiger partial charge in [0.2, 0.25) is 0 Å². The molecule has 0 radical (unpaired) electrons. The number of amides is 1. The number of sulfone groups is 1. The first kappa shape index (κ1) is 20.8. The molecule has 1 aromatic carbocycles. The van der Waals surface area contributed by atoms with Gasteiger partial charge >= 0.3 is 0 Å². The van der Waals surface area contributed by atoms with E-state index in [2.05, 4.69) is 0 Å². The second-order valence-electron chi connectivity index (χ2n) is 4.83. The SMILES string of the molecule is CC(C)S(=O)(=O)c1ccccc1C(=O)NCC(F)(F)CN.Cl. The molecule has 0 bridgehead atoms. The predicted molar refractivity (Wildman–Crippen MR) is 82.3 cm³/mol. The van der Waals surface area contributed by atoms with Crippen LogP contribution in [-0.2, 0) is 9.84 Å². The lowest BCUT2D eigenvalue weighted by atomic mass is 10.2. The number of rotatable bonds is 6. The second kappa shape index (κ2) is 7.85. The molecule has 3 N–H and O–H groups in total. The van der Waals surface area contributed by atoms with E-state index < -0.39 is 40.0 Å². The molecule has 1 rings (SSSR count). The minimum Gasteiger partial charge on any atom is -0.346 e. The van der Waals surface area contributed by atoms with Crippen LogP contribution in [0.4, 0.5) is 8.78 Å². The first-order chi connectivity index (χ1) is 9.62. The Bertz CT molecular complexity index is 621. The summed E-state index contributed by atoms with van der Waals surface area (Å²) in [5.41, 5.74) is 4.72. The van der Waals surface area contributed by atoms with Crippen molar-refractivity contribution in [3.05, 3.63) is 29.8 Å². The number of hydrogen-bond acceptors (Lipinski definition) is 4. The fourth-order valence-corrected chi connectivity index (χ4v) is 2.78. The summed E-state index contributed by atoms with van der Waals surface area (Å²) in [7, 11) is -3.68. The average Bonchev–Trinajstić information content (AvgIpc) is 2.44. The Kier molecular flexibility index (Phi) is 7.40. The average molecular weight is 357 g/mol. The van der Waals surface area contributed by atoms with Crippen molar-refractivity contribution >= 4 is 28.2 Å². The van der Waals surface area contributed by atoms with Crippen LogP contribution in [0.3, 0.4) is 0 Å². The molecule has 0 aliphatic carbocycles. The molecule has 0 unspecified atom stereocenters. The third-order valence-corrected chi connectivity index (χ3v) is 5.08. The van der Waals surface area contributed by atoms with Crippen LogP contribution in [0.15, 0.2) is 29.2 Å². The van der Waals surface area contributed by atoms with E-state index in [-0.39, 0.29) is 22.9 Å². The van der Waals surface area contributed by atoms with Crippen molar-refractivity contribution in [1.82, 2.24) is 5.32 Å². The van der Waals surface area contributed by atoms with Crippen molar-refractivity contribution < 1.29 is 22.0 Å². The van der Waals surface area contributed by atoms with E-state index in [1.807, 2.05) is 5.32 Å². The van der Waals surface area contributed by atoms with Gasteiger partial charge in [-0.1, -0.05) is 12.1 Å². The summed E-state index contributed by atoms with van der Waals surface area (Å²) in [5.74, 6) is -4.11. The van der Waals surface area contributed by atoms with Crippen LogP contribution in [-0.4, -0.2) is 38.6 Å². The van der Waals surface area contributed by atoms with Gasteiger partial charge in [0.15, 0.2) is 9.84 Å².